The van der Waals surface area contributed by atoms with Gasteiger partial charge in [0.1, 0.15) is 5.82 Å². The van der Waals surface area contributed by atoms with Crippen molar-refractivity contribution in [1.29, 1.82) is 0 Å². The number of anilines is 2. The molecule has 2 unspecified atom stereocenters. The number of aliphatic hydroxyl groups excluding tert-OH is 1. The number of fused-ring (bicyclic) bond motifs is 1. The average Bonchev–Trinajstić information content (AvgIpc) is 2.95. The Morgan fingerprint density at radius 3 is 3.00 bits per heavy atom. The van der Waals surface area contributed by atoms with E-state index in [4.69, 9.17) is 4.98 Å². The summed E-state index contributed by atoms with van der Waals surface area (Å²) in [4.78, 5) is 11.2. The summed E-state index contributed by atoms with van der Waals surface area (Å²) < 4.78 is 1.98. The first-order valence-electron chi connectivity index (χ1n) is 7.69. The maximum absolute atomic E-state index is 10.3. The molecule has 114 valence electrons. The summed E-state index contributed by atoms with van der Waals surface area (Å²) in [7, 11) is 2.01. The average molecular weight is 289 g/mol. The minimum atomic E-state index is -0.289. The first-order chi connectivity index (χ1) is 10.2. The van der Waals surface area contributed by atoms with Crippen molar-refractivity contribution in [2.24, 2.45) is 0 Å². The molecule has 0 aromatic carbocycles. The maximum Gasteiger partial charge on any atom is 0.180 e. The normalized spacial score (nSPS) is 22.4. The molecular formula is C15H23N5O. The van der Waals surface area contributed by atoms with Crippen molar-refractivity contribution < 1.29 is 5.11 Å². The van der Waals surface area contributed by atoms with Gasteiger partial charge in [0.05, 0.1) is 18.3 Å². The lowest BCUT2D eigenvalue weighted by Crippen LogP contribution is -2.44. The van der Waals surface area contributed by atoms with Gasteiger partial charge in [0.15, 0.2) is 11.5 Å². The Morgan fingerprint density at radius 2 is 2.24 bits per heavy atom. The molecule has 1 fully saturated rings. The summed E-state index contributed by atoms with van der Waals surface area (Å²) in [6.07, 6.45) is 9.49. The zero-order chi connectivity index (χ0) is 14.8. The van der Waals surface area contributed by atoms with E-state index in [2.05, 4.69) is 15.2 Å². The Bertz CT molecular complexity index is 611. The van der Waals surface area contributed by atoms with E-state index >= 15 is 0 Å². The first kappa shape index (κ1) is 14.1. The van der Waals surface area contributed by atoms with E-state index in [1.807, 2.05) is 30.8 Å². The molecule has 2 aromatic heterocycles. The van der Waals surface area contributed by atoms with Crippen molar-refractivity contribution in [2.45, 2.75) is 44.8 Å². The number of nitrogens with one attached hydrogen (secondary N) is 1. The quantitative estimate of drug-likeness (QED) is 0.900. The molecule has 21 heavy (non-hydrogen) atoms. The zero-order valence-corrected chi connectivity index (χ0v) is 12.7. The topological polar surface area (TPSA) is 65.7 Å². The van der Waals surface area contributed by atoms with Crippen LogP contribution in [0.15, 0.2) is 18.6 Å². The predicted octanol–water partition coefficient (Wildman–Crippen LogP) is 1.90. The highest BCUT2D eigenvalue weighted by Crippen LogP contribution is 2.28. The summed E-state index contributed by atoms with van der Waals surface area (Å²) in [6, 6.07) is 0.114. The zero-order valence-electron chi connectivity index (χ0n) is 12.7. The molecule has 6 heteroatoms. The Hall–Kier alpha value is -1.82. The number of hydrogen-bond acceptors (Lipinski definition) is 5. The lowest BCUT2D eigenvalue weighted by molar-refractivity contribution is 0.106. The number of nitrogens with zero attached hydrogens (tertiary/aromatic N) is 4. The lowest BCUT2D eigenvalue weighted by Gasteiger charge is -2.36. The van der Waals surface area contributed by atoms with E-state index in [1.165, 1.54) is 0 Å². The molecule has 1 saturated carbocycles. The van der Waals surface area contributed by atoms with Crippen molar-refractivity contribution in [2.75, 3.05) is 23.8 Å². The number of rotatable bonds is 4. The third kappa shape index (κ3) is 2.68. The van der Waals surface area contributed by atoms with Gasteiger partial charge in [-0.25, -0.2) is 9.97 Å². The van der Waals surface area contributed by atoms with Gasteiger partial charge in [-0.2, -0.15) is 0 Å². The Morgan fingerprint density at radius 1 is 1.43 bits per heavy atom. The Balaban J connectivity index is 1.99. The molecule has 2 N–H and O–H groups in total. The van der Waals surface area contributed by atoms with Crippen LogP contribution in [0.2, 0.25) is 0 Å². The second-order valence-electron chi connectivity index (χ2n) is 5.67. The fourth-order valence-electron chi connectivity index (χ4n) is 3.12. The molecule has 0 aliphatic heterocycles. The smallest absolute Gasteiger partial charge is 0.180 e. The molecule has 2 atom stereocenters. The summed E-state index contributed by atoms with van der Waals surface area (Å²) in [5, 5.41) is 13.5. The van der Waals surface area contributed by atoms with Crippen LogP contribution in [0, 0.1) is 0 Å². The molecule has 3 rings (SSSR count). The fourth-order valence-corrected chi connectivity index (χ4v) is 3.12. The SMILES string of the molecule is CCNc1cn2ccnc2c(N(C)C2CCCCC2O)n1. The largest absolute Gasteiger partial charge is 0.391 e. The number of aliphatic hydroxyl groups is 1. The molecule has 0 amide bonds. The van der Waals surface area contributed by atoms with Crippen molar-refractivity contribution in [1.82, 2.24) is 14.4 Å². The Kier molecular flexibility index (Phi) is 3.96. The minimum absolute atomic E-state index is 0.114. The van der Waals surface area contributed by atoms with Gasteiger partial charge in [-0.05, 0) is 19.8 Å². The molecule has 0 bridgehead atoms. The van der Waals surface area contributed by atoms with Crippen molar-refractivity contribution >= 4 is 17.3 Å². The van der Waals surface area contributed by atoms with Crippen LogP contribution in [0.25, 0.3) is 5.65 Å². The van der Waals surface area contributed by atoms with E-state index in [0.29, 0.717) is 0 Å². The van der Waals surface area contributed by atoms with Crippen LogP contribution < -0.4 is 10.2 Å². The van der Waals surface area contributed by atoms with E-state index < -0.39 is 0 Å². The molecule has 1 aliphatic rings. The molecular weight excluding hydrogens is 266 g/mol. The highest BCUT2D eigenvalue weighted by Gasteiger charge is 2.29. The van der Waals surface area contributed by atoms with Gasteiger partial charge in [0.2, 0.25) is 0 Å². The van der Waals surface area contributed by atoms with Crippen molar-refractivity contribution in [3.05, 3.63) is 18.6 Å². The van der Waals surface area contributed by atoms with Crippen molar-refractivity contribution in [3.63, 3.8) is 0 Å². The molecule has 0 saturated heterocycles. The van der Waals surface area contributed by atoms with E-state index in [9.17, 15) is 5.11 Å². The number of hydrogen-bond donors (Lipinski definition) is 2. The summed E-state index contributed by atoms with van der Waals surface area (Å²) in [5.41, 5.74) is 0.830. The third-order valence-corrected chi connectivity index (χ3v) is 4.24. The highest BCUT2D eigenvalue weighted by atomic mass is 16.3. The van der Waals surface area contributed by atoms with Gasteiger partial charge >= 0.3 is 0 Å². The fraction of sp³-hybridized carbons (Fsp3) is 0.600. The molecule has 2 heterocycles. The van der Waals surface area contributed by atoms with Crippen LogP contribution in [-0.4, -0.2) is 45.2 Å². The van der Waals surface area contributed by atoms with Crippen LogP contribution in [0.5, 0.6) is 0 Å². The number of aromatic nitrogens is 3. The van der Waals surface area contributed by atoms with Gasteiger partial charge in [-0.1, -0.05) is 12.8 Å². The van der Waals surface area contributed by atoms with E-state index in [0.717, 1.165) is 49.5 Å². The van der Waals surface area contributed by atoms with Crippen LogP contribution in [-0.2, 0) is 0 Å². The lowest BCUT2D eigenvalue weighted by atomic mass is 9.91. The minimum Gasteiger partial charge on any atom is -0.391 e. The number of likely N-dealkylation sites (N-methyl/N-ethyl adjacent to an activating group) is 1. The van der Waals surface area contributed by atoms with Crippen molar-refractivity contribution in [3.8, 4) is 0 Å². The number of imidazole rings is 1. The second-order valence-corrected chi connectivity index (χ2v) is 5.67. The molecule has 2 aromatic rings. The predicted molar refractivity (Wildman–Crippen MR) is 83.8 cm³/mol. The van der Waals surface area contributed by atoms with E-state index in [-0.39, 0.29) is 12.1 Å². The van der Waals surface area contributed by atoms with Gasteiger partial charge in [0, 0.05) is 26.0 Å². The molecule has 0 radical (unpaired) electrons. The summed E-state index contributed by atoms with van der Waals surface area (Å²) in [6.45, 7) is 2.87. The summed E-state index contributed by atoms with van der Waals surface area (Å²) >= 11 is 0. The summed E-state index contributed by atoms with van der Waals surface area (Å²) in [5.74, 6) is 1.65. The highest BCUT2D eigenvalue weighted by molar-refractivity contribution is 5.67. The third-order valence-electron chi connectivity index (χ3n) is 4.24. The van der Waals surface area contributed by atoms with Crippen LogP contribution >= 0.6 is 0 Å². The van der Waals surface area contributed by atoms with Crippen LogP contribution in [0.4, 0.5) is 11.6 Å². The molecule has 0 spiro atoms. The van der Waals surface area contributed by atoms with Gasteiger partial charge < -0.3 is 19.7 Å². The first-order valence-corrected chi connectivity index (χ1v) is 7.69. The standard InChI is InChI=1S/C15H23N5O/c1-3-16-13-10-20-9-8-17-14(20)15(18-13)19(2)11-6-4-5-7-12(11)21/h8-12,16,21H,3-7H2,1-2H3. The molecule has 6 nitrogen and oxygen atoms in total. The van der Waals surface area contributed by atoms with E-state index in [1.54, 1.807) is 6.20 Å². The Labute approximate surface area is 124 Å². The second kappa shape index (κ2) is 5.89. The van der Waals surface area contributed by atoms with Gasteiger partial charge in [0.25, 0.3) is 0 Å². The monoisotopic (exact) mass is 289 g/mol. The molecule has 1 aliphatic carbocycles. The van der Waals surface area contributed by atoms with Gasteiger partial charge in [-0.15, -0.1) is 0 Å². The van der Waals surface area contributed by atoms with Gasteiger partial charge in [-0.3, -0.25) is 0 Å². The van der Waals surface area contributed by atoms with Crippen LogP contribution in [0.1, 0.15) is 32.6 Å². The van der Waals surface area contributed by atoms with Crippen LogP contribution in [0.3, 0.4) is 0 Å². The maximum atomic E-state index is 10.3.